The maximum absolute atomic E-state index is 14.0. The van der Waals surface area contributed by atoms with E-state index in [1.807, 2.05) is 22.9 Å². The van der Waals surface area contributed by atoms with Crippen molar-refractivity contribution < 1.29 is 50.3 Å². The average Bonchev–Trinajstić information content (AvgIpc) is 3.95. The predicted octanol–water partition coefficient (Wildman–Crippen LogP) is 2.90. The summed E-state index contributed by atoms with van der Waals surface area (Å²) in [5, 5.41) is 6.64. The van der Waals surface area contributed by atoms with Crippen LogP contribution >= 0.6 is 0 Å². The Kier molecular flexibility index (Phi) is 10.2. The average molecular weight is 767 g/mol. The molecule has 3 fully saturated rings. The number of halogens is 3. The highest BCUT2D eigenvalue weighted by atomic mass is 32.2. The minimum atomic E-state index is -4.91. The van der Waals surface area contributed by atoms with E-state index in [0.717, 1.165) is 28.0 Å². The molecule has 53 heavy (non-hydrogen) atoms. The largest absolute Gasteiger partial charge is 0.444 e. The van der Waals surface area contributed by atoms with Gasteiger partial charge in [-0.3, -0.25) is 24.0 Å². The van der Waals surface area contributed by atoms with Crippen molar-refractivity contribution in [3.05, 3.63) is 47.5 Å². The summed E-state index contributed by atoms with van der Waals surface area (Å²) < 4.78 is 74.7. The summed E-state index contributed by atoms with van der Waals surface area (Å²) in [7, 11) is -4.01. The minimum Gasteiger partial charge on any atom is -0.444 e. The third kappa shape index (κ3) is 8.57. The molecular weight excluding hydrogens is 721 g/mol. The summed E-state index contributed by atoms with van der Waals surface area (Å²) in [6, 6.07) is 1.08. The number of amides is 6. The first kappa shape index (κ1) is 38.4. The topological polar surface area (TPSA) is 183 Å². The van der Waals surface area contributed by atoms with Gasteiger partial charge in [-0.25, -0.2) is 18.0 Å². The number of aryl methyl sites for hydroxylation is 1. The second kappa shape index (κ2) is 14.1. The van der Waals surface area contributed by atoms with Crippen molar-refractivity contribution in [1.82, 2.24) is 30.5 Å². The van der Waals surface area contributed by atoms with Gasteiger partial charge in [-0.05, 0) is 69.1 Å². The molecule has 14 nitrogen and oxygen atoms in total. The maximum Gasteiger partial charge on any atom is 0.410 e. The van der Waals surface area contributed by atoms with Crippen LogP contribution in [0.2, 0.25) is 0 Å². The van der Waals surface area contributed by atoms with Gasteiger partial charge in [-0.15, -0.1) is 6.58 Å². The lowest BCUT2D eigenvalue weighted by Gasteiger charge is -2.31. The van der Waals surface area contributed by atoms with Gasteiger partial charge in [-0.1, -0.05) is 30.7 Å². The third-order valence-corrected chi connectivity index (χ3v) is 12.5. The molecule has 18 heteroatoms. The number of fused-ring (bicyclic) bond motifs is 3. The van der Waals surface area contributed by atoms with E-state index >= 15 is 0 Å². The van der Waals surface area contributed by atoms with Crippen LogP contribution in [0.1, 0.15) is 81.9 Å². The Labute approximate surface area is 305 Å². The molecule has 5 aliphatic rings. The number of urea groups is 1. The van der Waals surface area contributed by atoms with Gasteiger partial charge in [0.1, 0.15) is 23.7 Å². The van der Waals surface area contributed by atoms with Gasteiger partial charge in [0.2, 0.25) is 21.8 Å². The zero-order valence-corrected chi connectivity index (χ0v) is 30.4. The van der Waals surface area contributed by atoms with Crippen LogP contribution in [-0.4, -0.2) is 95.3 Å². The number of nitrogens with one attached hydrogen (secondary N) is 4. The minimum absolute atomic E-state index is 0.0148. The first-order valence-corrected chi connectivity index (χ1v) is 19.4. The van der Waals surface area contributed by atoms with Crippen LogP contribution in [0.5, 0.6) is 0 Å². The fourth-order valence-corrected chi connectivity index (χ4v) is 8.91. The Bertz CT molecular complexity index is 1800. The number of sulfonamides is 1. The molecule has 2 saturated carbocycles. The van der Waals surface area contributed by atoms with Crippen molar-refractivity contribution in [3.8, 4) is 0 Å². The van der Waals surface area contributed by atoms with E-state index in [9.17, 15) is 45.6 Å². The highest BCUT2D eigenvalue weighted by Crippen LogP contribution is 2.45. The zero-order valence-electron chi connectivity index (χ0n) is 29.6. The molecule has 6 amide bonds. The molecule has 5 atom stereocenters. The van der Waals surface area contributed by atoms with E-state index in [1.165, 1.54) is 11.0 Å². The van der Waals surface area contributed by atoms with Crippen LogP contribution in [0.4, 0.5) is 22.8 Å². The number of carbonyl (C=O) groups excluding carboxylic acids is 5. The summed E-state index contributed by atoms with van der Waals surface area (Å²) in [5.74, 6) is -3.91. The number of ether oxygens (including phenoxy) is 1. The van der Waals surface area contributed by atoms with Gasteiger partial charge in [0.25, 0.3) is 5.91 Å². The van der Waals surface area contributed by atoms with E-state index in [2.05, 4.69) is 22.5 Å². The number of hydrogen-bond donors (Lipinski definition) is 4. The molecule has 1 saturated heterocycles. The molecule has 4 N–H and O–H groups in total. The van der Waals surface area contributed by atoms with Crippen molar-refractivity contribution in [2.45, 2.75) is 125 Å². The van der Waals surface area contributed by atoms with Crippen LogP contribution in [0, 0.1) is 5.92 Å². The third-order valence-electron chi connectivity index (χ3n) is 10.7. The standard InChI is InChI=1S/C35H45F3N6O8S/c1-4-22-15-34(22,30(47)42-53(50,51)24-11-12-24)40-28(45)27-14-23-18-44(27)29(46)26(16-35(36,37)38)39-31(48)41-33(2,3)13-6-5-8-20-9-7-10-21-17-43(19-25(20)21)32(49)52-23/h4,7,9-10,22-24,26-27H,1,5-6,8,11-19H2,2-3H3,(H,40,45)(H,42,47)(H2,39,41,48)/t22-,23+,26-,27-,34+/m0/s1. The fraction of sp³-hybridized carbons (Fsp3) is 0.629. The lowest BCUT2D eigenvalue weighted by atomic mass is 9.94. The highest BCUT2D eigenvalue weighted by Gasteiger charge is 2.62. The lowest BCUT2D eigenvalue weighted by molar-refractivity contribution is -0.155. The molecule has 6 rings (SSSR count). The van der Waals surface area contributed by atoms with Crippen molar-refractivity contribution in [3.63, 3.8) is 0 Å². The first-order chi connectivity index (χ1) is 24.8. The zero-order chi connectivity index (χ0) is 38.5. The first-order valence-electron chi connectivity index (χ1n) is 17.8. The van der Waals surface area contributed by atoms with E-state index in [0.29, 0.717) is 32.1 Å². The Morgan fingerprint density at radius 2 is 1.83 bits per heavy atom. The van der Waals surface area contributed by atoms with Crippen molar-refractivity contribution >= 4 is 39.9 Å². The summed E-state index contributed by atoms with van der Waals surface area (Å²) in [6.45, 7) is 7.12. The molecule has 4 bridgehead atoms. The summed E-state index contributed by atoms with van der Waals surface area (Å²) in [4.78, 5) is 70.3. The fourth-order valence-electron chi connectivity index (χ4n) is 7.54. The molecule has 0 spiro atoms. The number of carbonyl (C=O) groups is 5. The monoisotopic (exact) mass is 766 g/mol. The summed E-state index contributed by atoms with van der Waals surface area (Å²) in [6.07, 6.45) is -4.22. The molecule has 0 radical (unpaired) electrons. The van der Waals surface area contributed by atoms with Gasteiger partial charge >= 0.3 is 18.3 Å². The molecule has 0 unspecified atom stereocenters. The molecule has 290 valence electrons. The predicted molar refractivity (Wildman–Crippen MR) is 183 cm³/mol. The van der Waals surface area contributed by atoms with Crippen LogP contribution in [-0.2, 0) is 48.7 Å². The van der Waals surface area contributed by atoms with Gasteiger partial charge in [0.15, 0.2) is 0 Å². The molecule has 2 aliphatic carbocycles. The van der Waals surface area contributed by atoms with Crippen molar-refractivity contribution in [2.75, 3.05) is 6.54 Å². The van der Waals surface area contributed by atoms with Gasteiger partial charge in [0, 0.05) is 31.0 Å². The van der Waals surface area contributed by atoms with Crippen LogP contribution in [0.25, 0.3) is 0 Å². The summed E-state index contributed by atoms with van der Waals surface area (Å²) >= 11 is 0. The number of nitrogens with zero attached hydrogens (tertiary/aromatic N) is 2. The molecule has 0 aromatic heterocycles. The Balaban J connectivity index is 1.29. The van der Waals surface area contributed by atoms with Crippen molar-refractivity contribution in [1.29, 1.82) is 0 Å². The molecular formula is C35H45F3N6O8S. The van der Waals surface area contributed by atoms with E-state index in [-0.39, 0.29) is 25.9 Å². The van der Waals surface area contributed by atoms with Gasteiger partial charge in [-0.2, -0.15) is 13.2 Å². The summed E-state index contributed by atoms with van der Waals surface area (Å²) in [5.41, 5.74) is 0.386. The number of alkyl halides is 3. The Hall–Kier alpha value is -4.35. The van der Waals surface area contributed by atoms with Crippen LogP contribution in [0.15, 0.2) is 30.9 Å². The number of rotatable bonds is 7. The number of hydrogen-bond acceptors (Lipinski definition) is 8. The Morgan fingerprint density at radius 1 is 1.11 bits per heavy atom. The lowest BCUT2D eigenvalue weighted by Crippen LogP contribution is -2.60. The van der Waals surface area contributed by atoms with Crippen LogP contribution in [0.3, 0.4) is 0 Å². The van der Waals surface area contributed by atoms with Gasteiger partial charge in [0.05, 0.1) is 18.2 Å². The second-order valence-corrected chi connectivity index (χ2v) is 17.4. The van der Waals surface area contributed by atoms with E-state index in [1.54, 1.807) is 13.8 Å². The number of benzene rings is 1. The SMILES string of the molecule is C=C[C@H]1C[C@]1(NC(=O)[C@@H]1C[C@@H]2CN1C(=O)[C@H](CC(F)(F)F)NC(=O)NC(C)(C)CCCCc1cccc3c1CN(C3)C(=O)O2)C(=O)NS(=O)(=O)C1CC1. The molecule has 1 aromatic carbocycles. The van der Waals surface area contributed by atoms with E-state index < -0.39 is 99.4 Å². The molecule has 3 heterocycles. The van der Waals surface area contributed by atoms with E-state index in [4.69, 9.17) is 4.74 Å². The quantitative estimate of drug-likeness (QED) is 0.306. The maximum atomic E-state index is 14.0. The smallest absolute Gasteiger partial charge is 0.410 e. The normalized spacial score (nSPS) is 29.1. The Morgan fingerprint density at radius 3 is 2.49 bits per heavy atom. The second-order valence-electron chi connectivity index (χ2n) is 15.4. The van der Waals surface area contributed by atoms with Gasteiger partial charge < -0.3 is 25.6 Å². The van der Waals surface area contributed by atoms with Crippen molar-refractivity contribution in [2.24, 2.45) is 5.92 Å². The highest BCUT2D eigenvalue weighted by molar-refractivity contribution is 7.91. The van der Waals surface area contributed by atoms with Crippen LogP contribution < -0.4 is 20.7 Å². The molecule has 3 aliphatic heterocycles. The molecule has 1 aromatic rings.